The van der Waals surface area contributed by atoms with Crippen LogP contribution in [-0.4, -0.2) is 11.0 Å². The number of aryl methyl sites for hydroxylation is 1. The van der Waals surface area contributed by atoms with Crippen LogP contribution in [0.25, 0.3) is 10.2 Å². The van der Waals surface area contributed by atoms with Gasteiger partial charge in [0.05, 0.1) is 21.5 Å². The molecule has 3 rings (SSSR count). The van der Waals surface area contributed by atoms with E-state index in [9.17, 15) is 9.18 Å². The summed E-state index contributed by atoms with van der Waals surface area (Å²) in [5, 5.41) is 14.2. The van der Waals surface area contributed by atoms with Crippen molar-refractivity contribution in [2.75, 3.05) is 10.6 Å². The normalized spacial score (nSPS) is 10.3. The molecule has 0 atom stereocenters. The van der Waals surface area contributed by atoms with E-state index in [-0.39, 0.29) is 11.3 Å². The molecule has 2 amide bonds. The van der Waals surface area contributed by atoms with E-state index in [1.807, 2.05) is 25.1 Å². The predicted octanol–water partition coefficient (Wildman–Crippen LogP) is 4.26. The standard InChI is InChI=1S/C16H11FN4OS/c1-9-5-6-11-13(7-9)23-16(20-11)21-15(22)19-12-4-2-3-10(8-18)14(12)17/h2-7H,1H3,(H2,19,20,21,22). The van der Waals surface area contributed by atoms with Crippen LogP contribution in [0.5, 0.6) is 0 Å². The molecule has 7 heteroatoms. The van der Waals surface area contributed by atoms with Crippen molar-refractivity contribution in [1.29, 1.82) is 5.26 Å². The van der Waals surface area contributed by atoms with Crippen LogP contribution in [0.4, 0.5) is 20.0 Å². The van der Waals surface area contributed by atoms with Gasteiger partial charge in [0.1, 0.15) is 6.07 Å². The number of nitriles is 1. The average molecular weight is 326 g/mol. The average Bonchev–Trinajstić information content (AvgIpc) is 2.90. The van der Waals surface area contributed by atoms with Gasteiger partial charge < -0.3 is 5.32 Å². The van der Waals surface area contributed by atoms with Crippen LogP contribution in [0.3, 0.4) is 0 Å². The summed E-state index contributed by atoms with van der Waals surface area (Å²) in [6.45, 7) is 1.98. The zero-order valence-corrected chi connectivity index (χ0v) is 12.9. The Morgan fingerprint density at radius 1 is 1.30 bits per heavy atom. The molecule has 2 N–H and O–H groups in total. The summed E-state index contributed by atoms with van der Waals surface area (Å²) in [6, 6.07) is 11.1. The van der Waals surface area contributed by atoms with Gasteiger partial charge in [0.15, 0.2) is 10.9 Å². The third-order valence-corrected chi connectivity index (χ3v) is 4.07. The third kappa shape index (κ3) is 3.12. The van der Waals surface area contributed by atoms with Crippen LogP contribution in [0.15, 0.2) is 36.4 Å². The second kappa shape index (κ2) is 6.02. The fourth-order valence-corrected chi connectivity index (χ4v) is 3.01. The Morgan fingerprint density at radius 2 is 2.13 bits per heavy atom. The number of fused-ring (bicyclic) bond motifs is 1. The summed E-state index contributed by atoms with van der Waals surface area (Å²) in [4.78, 5) is 16.3. The molecule has 1 heterocycles. The molecule has 1 aromatic heterocycles. The van der Waals surface area contributed by atoms with Crippen molar-refractivity contribution < 1.29 is 9.18 Å². The van der Waals surface area contributed by atoms with E-state index >= 15 is 0 Å². The SMILES string of the molecule is Cc1ccc2nc(NC(=O)Nc3cccc(C#N)c3F)sc2c1. The number of nitrogens with zero attached hydrogens (tertiary/aromatic N) is 2. The van der Waals surface area contributed by atoms with Crippen molar-refractivity contribution in [2.45, 2.75) is 6.92 Å². The van der Waals surface area contributed by atoms with Gasteiger partial charge in [0, 0.05) is 0 Å². The van der Waals surface area contributed by atoms with Crippen LogP contribution in [0, 0.1) is 24.1 Å². The molecule has 0 aliphatic rings. The number of carbonyl (C=O) groups is 1. The first-order chi connectivity index (χ1) is 11.1. The number of amides is 2. The number of thiazole rings is 1. The lowest BCUT2D eigenvalue weighted by molar-refractivity contribution is 0.262. The molecule has 5 nitrogen and oxygen atoms in total. The Labute approximate surface area is 135 Å². The highest BCUT2D eigenvalue weighted by molar-refractivity contribution is 7.22. The second-order valence-corrected chi connectivity index (χ2v) is 5.88. The van der Waals surface area contributed by atoms with E-state index in [1.165, 1.54) is 29.5 Å². The summed E-state index contributed by atoms with van der Waals surface area (Å²) in [5.41, 5.74) is 1.71. The maximum atomic E-state index is 13.9. The zero-order chi connectivity index (χ0) is 16.4. The molecule has 23 heavy (non-hydrogen) atoms. The molecule has 0 unspecified atom stereocenters. The topological polar surface area (TPSA) is 77.8 Å². The molecule has 2 aromatic carbocycles. The monoisotopic (exact) mass is 326 g/mol. The van der Waals surface area contributed by atoms with E-state index in [2.05, 4.69) is 15.6 Å². The van der Waals surface area contributed by atoms with E-state index in [0.29, 0.717) is 5.13 Å². The minimum Gasteiger partial charge on any atom is -0.305 e. The van der Waals surface area contributed by atoms with Gasteiger partial charge in [-0.05, 0) is 36.8 Å². The van der Waals surface area contributed by atoms with Gasteiger partial charge in [-0.15, -0.1) is 0 Å². The van der Waals surface area contributed by atoms with E-state index in [4.69, 9.17) is 5.26 Å². The molecule has 114 valence electrons. The zero-order valence-electron chi connectivity index (χ0n) is 12.1. The number of urea groups is 1. The van der Waals surface area contributed by atoms with E-state index in [1.54, 1.807) is 6.07 Å². The fraction of sp³-hybridized carbons (Fsp3) is 0.0625. The van der Waals surface area contributed by atoms with Crippen molar-refractivity contribution in [1.82, 2.24) is 4.98 Å². The van der Waals surface area contributed by atoms with Gasteiger partial charge in [-0.25, -0.2) is 14.2 Å². The van der Waals surface area contributed by atoms with Crippen LogP contribution in [-0.2, 0) is 0 Å². The summed E-state index contributed by atoms with van der Waals surface area (Å²) in [5.74, 6) is -0.759. The van der Waals surface area contributed by atoms with Gasteiger partial charge in [0.25, 0.3) is 0 Å². The number of carbonyl (C=O) groups excluding carboxylic acids is 1. The Hall–Kier alpha value is -2.98. The quantitative estimate of drug-likeness (QED) is 0.738. The maximum Gasteiger partial charge on any atom is 0.325 e. The smallest absolute Gasteiger partial charge is 0.305 e. The van der Waals surface area contributed by atoms with Gasteiger partial charge in [-0.1, -0.05) is 23.5 Å². The van der Waals surface area contributed by atoms with Gasteiger partial charge >= 0.3 is 6.03 Å². The molecule has 0 spiro atoms. The first kappa shape index (κ1) is 14.9. The van der Waals surface area contributed by atoms with Crippen molar-refractivity contribution in [3.8, 4) is 6.07 Å². The Kier molecular flexibility index (Phi) is 3.91. The Morgan fingerprint density at radius 3 is 2.91 bits per heavy atom. The molecule has 3 aromatic rings. The highest BCUT2D eigenvalue weighted by Gasteiger charge is 2.12. The first-order valence-corrected chi connectivity index (χ1v) is 7.52. The van der Waals surface area contributed by atoms with Crippen molar-refractivity contribution in [3.05, 3.63) is 53.3 Å². The fourth-order valence-electron chi connectivity index (χ4n) is 2.05. The van der Waals surface area contributed by atoms with Crippen LogP contribution in [0.2, 0.25) is 0 Å². The lowest BCUT2D eigenvalue weighted by atomic mass is 10.2. The van der Waals surface area contributed by atoms with Crippen molar-refractivity contribution in [2.24, 2.45) is 0 Å². The molecule has 0 aliphatic carbocycles. The number of aromatic nitrogens is 1. The largest absolute Gasteiger partial charge is 0.325 e. The molecule has 0 saturated heterocycles. The van der Waals surface area contributed by atoms with Gasteiger partial charge in [0.2, 0.25) is 0 Å². The van der Waals surface area contributed by atoms with Crippen LogP contribution in [0.1, 0.15) is 11.1 Å². The Bertz CT molecular complexity index is 945. The van der Waals surface area contributed by atoms with Crippen LogP contribution < -0.4 is 10.6 Å². The molecule has 0 fully saturated rings. The second-order valence-electron chi connectivity index (χ2n) is 4.85. The van der Waals surface area contributed by atoms with Gasteiger partial charge in [-0.3, -0.25) is 5.32 Å². The minimum atomic E-state index is -0.759. The number of anilines is 2. The molecule has 0 aliphatic heterocycles. The van der Waals surface area contributed by atoms with Crippen molar-refractivity contribution in [3.63, 3.8) is 0 Å². The lowest BCUT2D eigenvalue weighted by Gasteiger charge is -2.06. The maximum absolute atomic E-state index is 13.9. The molecule has 0 saturated carbocycles. The Balaban J connectivity index is 1.77. The predicted molar refractivity (Wildman–Crippen MR) is 88.1 cm³/mol. The number of hydrogen-bond acceptors (Lipinski definition) is 4. The number of hydrogen-bond donors (Lipinski definition) is 2. The lowest BCUT2D eigenvalue weighted by Crippen LogP contribution is -2.20. The molecular weight excluding hydrogens is 315 g/mol. The molecular formula is C16H11FN4OS. The summed E-state index contributed by atoms with van der Waals surface area (Å²) in [6.07, 6.45) is 0. The van der Waals surface area contributed by atoms with E-state index in [0.717, 1.165) is 15.8 Å². The third-order valence-electron chi connectivity index (χ3n) is 3.13. The molecule has 0 radical (unpaired) electrons. The molecule has 0 bridgehead atoms. The van der Waals surface area contributed by atoms with Gasteiger partial charge in [-0.2, -0.15) is 5.26 Å². The summed E-state index contributed by atoms with van der Waals surface area (Å²) >= 11 is 1.33. The first-order valence-electron chi connectivity index (χ1n) is 6.70. The van der Waals surface area contributed by atoms with Crippen molar-refractivity contribution >= 4 is 38.4 Å². The number of nitrogens with one attached hydrogen (secondary N) is 2. The number of benzene rings is 2. The highest BCUT2D eigenvalue weighted by atomic mass is 32.1. The summed E-state index contributed by atoms with van der Waals surface area (Å²) in [7, 11) is 0. The van der Waals surface area contributed by atoms with E-state index < -0.39 is 11.8 Å². The summed E-state index contributed by atoms with van der Waals surface area (Å²) < 4.78 is 14.9. The minimum absolute atomic E-state index is 0.0569. The number of rotatable bonds is 2. The number of halogens is 1. The highest BCUT2D eigenvalue weighted by Crippen LogP contribution is 2.27. The van der Waals surface area contributed by atoms with Crippen LogP contribution >= 0.6 is 11.3 Å².